The first-order chi connectivity index (χ1) is 14.6. The van der Waals surface area contributed by atoms with Crippen molar-refractivity contribution in [2.24, 2.45) is 0 Å². The van der Waals surface area contributed by atoms with Gasteiger partial charge in [0.05, 0.1) is 12.2 Å². The molecule has 1 amide bonds. The van der Waals surface area contributed by atoms with E-state index in [9.17, 15) is 4.79 Å². The molecule has 1 fully saturated rings. The summed E-state index contributed by atoms with van der Waals surface area (Å²) >= 11 is 3.31. The maximum atomic E-state index is 12.5. The summed E-state index contributed by atoms with van der Waals surface area (Å²) in [5.41, 5.74) is 4.53. The second kappa shape index (κ2) is 9.83. The molecule has 3 heterocycles. The van der Waals surface area contributed by atoms with E-state index in [1.165, 1.54) is 27.3 Å². The topological polar surface area (TPSA) is 48.5 Å². The van der Waals surface area contributed by atoms with Gasteiger partial charge in [0.25, 0.3) is 0 Å². The highest BCUT2D eigenvalue weighted by Gasteiger charge is 2.19. The molecular formula is C23H28N4OS2. The Morgan fingerprint density at radius 1 is 1.07 bits per heavy atom. The number of carbonyl (C=O) groups excluding carboxylic acids is 1. The van der Waals surface area contributed by atoms with E-state index in [2.05, 4.69) is 69.7 Å². The minimum absolute atomic E-state index is 0.0167. The fraction of sp³-hybridized carbons (Fsp3) is 0.391. The quantitative estimate of drug-likeness (QED) is 0.596. The molecule has 0 spiro atoms. The lowest BCUT2D eigenvalue weighted by molar-refractivity contribution is -0.117. The van der Waals surface area contributed by atoms with Crippen molar-refractivity contribution in [3.05, 3.63) is 57.1 Å². The highest BCUT2D eigenvalue weighted by molar-refractivity contribution is 7.14. The Hall–Kier alpha value is -2.06. The molecule has 2 aromatic heterocycles. The summed E-state index contributed by atoms with van der Waals surface area (Å²) in [4.78, 5) is 23.3. The maximum absolute atomic E-state index is 12.5. The molecule has 3 aromatic rings. The van der Waals surface area contributed by atoms with Crippen molar-refractivity contribution in [1.29, 1.82) is 0 Å². The molecule has 0 radical (unpaired) electrons. The molecule has 0 saturated carbocycles. The lowest BCUT2D eigenvalue weighted by Crippen LogP contribution is -2.49. The summed E-state index contributed by atoms with van der Waals surface area (Å²) in [6.45, 7) is 9.65. The fourth-order valence-electron chi connectivity index (χ4n) is 3.62. The third-order valence-electron chi connectivity index (χ3n) is 5.64. The monoisotopic (exact) mass is 440 g/mol. The molecule has 1 aromatic carbocycles. The zero-order chi connectivity index (χ0) is 20.9. The van der Waals surface area contributed by atoms with Gasteiger partial charge in [0.1, 0.15) is 0 Å². The number of thiophene rings is 1. The Morgan fingerprint density at radius 3 is 2.60 bits per heavy atom. The van der Waals surface area contributed by atoms with Crippen LogP contribution in [0, 0.1) is 13.8 Å². The average molecular weight is 441 g/mol. The Balaban J connectivity index is 1.22. The van der Waals surface area contributed by atoms with Crippen LogP contribution in [0.5, 0.6) is 0 Å². The highest BCUT2D eigenvalue weighted by atomic mass is 32.1. The number of anilines is 1. The van der Waals surface area contributed by atoms with Gasteiger partial charge >= 0.3 is 0 Å². The van der Waals surface area contributed by atoms with Gasteiger partial charge < -0.3 is 10.2 Å². The van der Waals surface area contributed by atoms with E-state index in [1.54, 1.807) is 0 Å². The molecule has 0 unspecified atom stereocenters. The molecule has 1 aliphatic heterocycles. The normalized spacial score (nSPS) is 15.4. The van der Waals surface area contributed by atoms with Crippen molar-refractivity contribution >= 4 is 33.7 Å². The lowest BCUT2D eigenvalue weighted by atomic mass is 10.1. The Bertz CT molecular complexity index is 975. The molecule has 7 heteroatoms. The number of rotatable bonds is 7. The van der Waals surface area contributed by atoms with Gasteiger partial charge in [-0.15, -0.1) is 22.7 Å². The molecule has 4 rings (SSSR count). The summed E-state index contributed by atoms with van der Waals surface area (Å²) in [5, 5.41) is 7.79. The van der Waals surface area contributed by atoms with E-state index in [-0.39, 0.29) is 5.91 Å². The second-order valence-electron chi connectivity index (χ2n) is 7.83. The van der Waals surface area contributed by atoms with E-state index < -0.39 is 0 Å². The fourth-order valence-corrected chi connectivity index (χ4v) is 5.05. The van der Waals surface area contributed by atoms with E-state index in [4.69, 9.17) is 0 Å². The molecule has 158 valence electrons. The summed E-state index contributed by atoms with van der Waals surface area (Å²) < 4.78 is 0. The molecule has 0 aliphatic carbocycles. The maximum Gasteiger partial charge on any atom is 0.240 e. The molecule has 30 heavy (non-hydrogen) atoms. The van der Waals surface area contributed by atoms with E-state index in [0.717, 1.165) is 50.4 Å². The number of nitrogens with zero attached hydrogens (tertiary/aromatic N) is 3. The van der Waals surface area contributed by atoms with Gasteiger partial charge in [0.2, 0.25) is 5.91 Å². The minimum atomic E-state index is 0.0167. The van der Waals surface area contributed by atoms with Crippen molar-refractivity contribution in [1.82, 2.24) is 14.8 Å². The molecule has 1 N–H and O–H groups in total. The van der Waals surface area contributed by atoms with Gasteiger partial charge in [-0.1, -0.05) is 18.2 Å². The Morgan fingerprint density at radius 2 is 1.87 bits per heavy atom. The van der Waals surface area contributed by atoms with Gasteiger partial charge in [-0.05, 0) is 48.9 Å². The first-order valence-electron chi connectivity index (χ1n) is 10.4. The summed E-state index contributed by atoms with van der Waals surface area (Å²) in [7, 11) is 0. The van der Waals surface area contributed by atoms with Crippen LogP contribution in [0.25, 0.3) is 11.3 Å². The lowest BCUT2D eigenvalue weighted by Gasteiger charge is -2.34. The predicted octanol–water partition coefficient (Wildman–Crippen LogP) is 4.29. The minimum Gasteiger partial charge on any atom is -0.301 e. The zero-order valence-electron chi connectivity index (χ0n) is 17.6. The third-order valence-corrected chi connectivity index (χ3v) is 7.33. The van der Waals surface area contributed by atoms with Crippen LogP contribution in [0.3, 0.4) is 0 Å². The van der Waals surface area contributed by atoms with Gasteiger partial charge in [-0.25, -0.2) is 4.98 Å². The Labute approximate surface area is 186 Å². The molecule has 1 saturated heterocycles. The molecular weight excluding hydrogens is 412 g/mol. The second-order valence-corrected chi connectivity index (χ2v) is 9.72. The molecule has 5 nitrogen and oxygen atoms in total. The van der Waals surface area contributed by atoms with Crippen LogP contribution in [-0.2, 0) is 11.2 Å². The van der Waals surface area contributed by atoms with Crippen molar-refractivity contribution < 1.29 is 4.79 Å². The predicted molar refractivity (Wildman–Crippen MR) is 127 cm³/mol. The number of benzene rings is 1. The van der Waals surface area contributed by atoms with Crippen LogP contribution < -0.4 is 5.32 Å². The number of nitrogens with one attached hydrogen (secondary N) is 1. The summed E-state index contributed by atoms with van der Waals surface area (Å²) in [6.07, 6.45) is 1.12. The number of piperazine rings is 1. The zero-order valence-corrected chi connectivity index (χ0v) is 19.2. The van der Waals surface area contributed by atoms with Crippen molar-refractivity contribution in [2.75, 3.05) is 44.6 Å². The van der Waals surface area contributed by atoms with E-state index in [0.29, 0.717) is 11.7 Å². The van der Waals surface area contributed by atoms with Crippen LogP contribution in [0.4, 0.5) is 5.13 Å². The third kappa shape index (κ3) is 5.55. The van der Waals surface area contributed by atoms with Crippen molar-refractivity contribution in [3.8, 4) is 11.3 Å². The molecule has 1 aliphatic rings. The van der Waals surface area contributed by atoms with E-state index >= 15 is 0 Å². The number of hydrogen-bond donors (Lipinski definition) is 1. The van der Waals surface area contributed by atoms with Gasteiger partial charge in [0.15, 0.2) is 5.13 Å². The number of aromatic nitrogens is 1. The number of hydrogen-bond acceptors (Lipinski definition) is 6. The van der Waals surface area contributed by atoms with Crippen molar-refractivity contribution in [3.63, 3.8) is 0 Å². The largest absolute Gasteiger partial charge is 0.301 e. The van der Waals surface area contributed by atoms with Gasteiger partial charge in [-0.2, -0.15) is 0 Å². The first kappa shape index (κ1) is 21.2. The number of aryl methyl sites for hydroxylation is 2. The van der Waals surface area contributed by atoms with Gasteiger partial charge in [-0.3, -0.25) is 9.69 Å². The summed E-state index contributed by atoms with van der Waals surface area (Å²) in [5.74, 6) is 0.0167. The number of amides is 1. The van der Waals surface area contributed by atoms with Crippen LogP contribution in [0.2, 0.25) is 0 Å². The molecule has 0 atom stereocenters. The first-order valence-corrected chi connectivity index (χ1v) is 12.1. The summed E-state index contributed by atoms with van der Waals surface area (Å²) in [6, 6.07) is 10.7. The van der Waals surface area contributed by atoms with Crippen LogP contribution in [-0.4, -0.2) is 60.0 Å². The van der Waals surface area contributed by atoms with Crippen LogP contribution in [0.1, 0.15) is 16.0 Å². The van der Waals surface area contributed by atoms with Crippen LogP contribution in [0.15, 0.2) is 41.1 Å². The van der Waals surface area contributed by atoms with Crippen LogP contribution >= 0.6 is 22.7 Å². The average Bonchev–Trinajstić information content (AvgIpc) is 3.42. The van der Waals surface area contributed by atoms with Gasteiger partial charge in [0, 0.05) is 48.5 Å². The number of thiazole rings is 1. The smallest absolute Gasteiger partial charge is 0.240 e. The SMILES string of the molecule is Cc1ccc(-c2csc(NC(=O)CN3CCN(CCc4cccs4)CC3)n2)cc1C. The standard InChI is InChI=1S/C23H28N4OS2/c1-17-5-6-19(14-18(17)2)21-16-30-23(24-21)25-22(28)15-27-11-9-26(10-12-27)8-7-20-4-3-13-29-20/h3-6,13-14,16H,7-12,15H2,1-2H3,(H,24,25,28). The highest BCUT2D eigenvalue weighted by Crippen LogP contribution is 2.26. The Kier molecular flexibility index (Phi) is 6.94. The molecule has 0 bridgehead atoms. The van der Waals surface area contributed by atoms with Crippen molar-refractivity contribution in [2.45, 2.75) is 20.3 Å². The van der Waals surface area contributed by atoms with E-state index in [1.807, 2.05) is 16.7 Å². The number of carbonyl (C=O) groups is 1.